The highest BCUT2D eigenvalue weighted by molar-refractivity contribution is 5.80. The van der Waals surface area contributed by atoms with E-state index in [1.807, 2.05) is 28.8 Å². The third-order valence-electron chi connectivity index (χ3n) is 5.86. The molecule has 0 N–H and O–H groups in total. The number of unbranched alkanes of at least 4 members (excludes halogenated alkanes) is 1. The molecule has 0 unspecified atom stereocenters. The first-order chi connectivity index (χ1) is 13.3. The van der Waals surface area contributed by atoms with Gasteiger partial charge in [-0.25, -0.2) is 0 Å². The Morgan fingerprint density at radius 2 is 2.00 bits per heavy atom. The third kappa shape index (κ3) is 3.93. The van der Waals surface area contributed by atoms with E-state index in [0.717, 1.165) is 70.3 Å². The van der Waals surface area contributed by atoms with E-state index in [1.165, 1.54) is 12.8 Å². The zero-order valence-corrected chi connectivity index (χ0v) is 16.3. The monoisotopic (exact) mass is 370 g/mol. The molecule has 1 amide bonds. The summed E-state index contributed by atoms with van der Waals surface area (Å²) in [5.74, 6) is 1.24. The van der Waals surface area contributed by atoms with Gasteiger partial charge in [0.2, 0.25) is 11.9 Å². The second-order valence-corrected chi connectivity index (χ2v) is 7.73. The molecule has 2 aromatic rings. The summed E-state index contributed by atoms with van der Waals surface area (Å²) < 4.78 is 2.01. The number of hydrogen-bond donors (Lipinski definition) is 0. The highest BCUT2D eigenvalue weighted by Gasteiger charge is 2.32. The van der Waals surface area contributed by atoms with Crippen molar-refractivity contribution in [2.24, 2.45) is 5.92 Å². The lowest BCUT2D eigenvalue weighted by Crippen LogP contribution is -2.52. The summed E-state index contributed by atoms with van der Waals surface area (Å²) in [7, 11) is 0. The van der Waals surface area contributed by atoms with E-state index in [-0.39, 0.29) is 5.92 Å². The Labute approximate surface area is 160 Å². The molecule has 4 heterocycles. The number of aromatic nitrogens is 3. The summed E-state index contributed by atoms with van der Waals surface area (Å²) >= 11 is 0. The SMILES string of the molecule is CCCCN1CCN(C(=O)[C@H]2CCCN(c3nnc4ccccn34)C2)CC1. The fourth-order valence-corrected chi connectivity index (χ4v) is 4.24. The summed E-state index contributed by atoms with van der Waals surface area (Å²) in [4.78, 5) is 19.9. The van der Waals surface area contributed by atoms with Gasteiger partial charge in [0.1, 0.15) is 0 Å². The fourth-order valence-electron chi connectivity index (χ4n) is 4.24. The van der Waals surface area contributed by atoms with E-state index in [9.17, 15) is 4.79 Å². The van der Waals surface area contributed by atoms with Crippen molar-refractivity contribution in [3.8, 4) is 0 Å². The van der Waals surface area contributed by atoms with Gasteiger partial charge in [0, 0.05) is 45.5 Å². The number of piperazine rings is 1. The Kier molecular flexibility index (Phi) is 5.57. The van der Waals surface area contributed by atoms with Gasteiger partial charge in [-0.3, -0.25) is 14.1 Å². The van der Waals surface area contributed by atoms with Crippen LogP contribution < -0.4 is 4.90 Å². The Balaban J connectivity index is 1.38. The van der Waals surface area contributed by atoms with Crippen LogP contribution >= 0.6 is 0 Å². The Hall–Kier alpha value is -2.15. The molecule has 27 heavy (non-hydrogen) atoms. The van der Waals surface area contributed by atoms with Gasteiger partial charge in [-0.05, 0) is 37.9 Å². The zero-order valence-electron chi connectivity index (χ0n) is 16.3. The molecule has 2 aliphatic heterocycles. The van der Waals surface area contributed by atoms with Crippen molar-refractivity contribution in [2.75, 3.05) is 50.7 Å². The van der Waals surface area contributed by atoms with Gasteiger partial charge in [0.25, 0.3) is 0 Å². The Morgan fingerprint density at radius 1 is 1.15 bits per heavy atom. The number of piperidine rings is 1. The quantitative estimate of drug-likeness (QED) is 0.804. The minimum Gasteiger partial charge on any atom is -0.340 e. The van der Waals surface area contributed by atoms with E-state index < -0.39 is 0 Å². The topological polar surface area (TPSA) is 57.0 Å². The minimum absolute atomic E-state index is 0.0667. The summed E-state index contributed by atoms with van der Waals surface area (Å²) in [6.45, 7) is 8.82. The summed E-state index contributed by atoms with van der Waals surface area (Å²) in [5.41, 5.74) is 0.851. The van der Waals surface area contributed by atoms with Crippen LogP contribution in [0, 0.1) is 5.92 Å². The van der Waals surface area contributed by atoms with Crippen LogP contribution in [0.25, 0.3) is 5.65 Å². The smallest absolute Gasteiger partial charge is 0.231 e. The highest BCUT2D eigenvalue weighted by Crippen LogP contribution is 2.24. The van der Waals surface area contributed by atoms with Crippen LogP contribution in [0.5, 0.6) is 0 Å². The molecular formula is C20H30N6O. The second kappa shape index (κ2) is 8.25. The fraction of sp³-hybridized carbons (Fsp3) is 0.650. The number of fused-ring (bicyclic) bond motifs is 1. The molecule has 2 saturated heterocycles. The minimum atomic E-state index is 0.0667. The third-order valence-corrected chi connectivity index (χ3v) is 5.86. The molecule has 0 saturated carbocycles. The lowest BCUT2D eigenvalue weighted by atomic mass is 9.96. The molecule has 1 atom stereocenters. The van der Waals surface area contributed by atoms with Crippen LogP contribution in [0.3, 0.4) is 0 Å². The molecule has 0 bridgehead atoms. The van der Waals surface area contributed by atoms with Crippen molar-refractivity contribution in [1.82, 2.24) is 24.4 Å². The maximum absolute atomic E-state index is 13.1. The average Bonchev–Trinajstić information content (AvgIpc) is 3.16. The van der Waals surface area contributed by atoms with E-state index in [2.05, 4.69) is 31.8 Å². The van der Waals surface area contributed by atoms with Crippen molar-refractivity contribution < 1.29 is 4.79 Å². The maximum atomic E-state index is 13.1. The normalized spacial score (nSPS) is 21.7. The molecular weight excluding hydrogens is 340 g/mol. The van der Waals surface area contributed by atoms with Crippen LogP contribution in [0.15, 0.2) is 24.4 Å². The largest absolute Gasteiger partial charge is 0.340 e. The number of amides is 1. The molecule has 4 rings (SSSR count). The van der Waals surface area contributed by atoms with Crippen molar-refractivity contribution in [3.05, 3.63) is 24.4 Å². The molecule has 7 nitrogen and oxygen atoms in total. The predicted octanol–water partition coefficient (Wildman–Crippen LogP) is 1.89. The van der Waals surface area contributed by atoms with Gasteiger partial charge in [0.05, 0.1) is 5.92 Å². The van der Waals surface area contributed by atoms with Crippen molar-refractivity contribution in [1.29, 1.82) is 0 Å². The molecule has 0 aromatic carbocycles. The van der Waals surface area contributed by atoms with E-state index in [4.69, 9.17) is 0 Å². The summed E-state index contributed by atoms with van der Waals surface area (Å²) in [6.07, 6.45) is 6.47. The predicted molar refractivity (Wildman–Crippen MR) is 106 cm³/mol. The molecule has 146 valence electrons. The maximum Gasteiger partial charge on any atom is 0.231 e. The van der Waals surface area contributed by atoms with E-state index >= 15 is 0 Å². The lowest BCUT2D eigenvalue weighted by Gasteiger charge is -2.39. The lowest BCUT2D eigenvalue weighted by molar-refractivity contribution is -0.137. The van der Waals surface area contributed by atoms with Crippen molar-refractivity contribution in [3.63, 3.8) is 0 Å². The second-order valence-electron chi connectivity index (χ2n) is 7.73. The van der Waals surface area contributed by atoms with Gasteiger partial charge in [0.15, 0.2) is 5.65 Å². The van der Waals surface area contributed by atoms with Crippen LogP contribution in [0.1, 0.15) is 32.6 Å². The van der Waals surface area contributed by atoms with Gasteiger partial charge < -0.3 is 9.80 Å². The van der Waals surface area contributed by atoms with Crippen LogP contribution in [0.4, 0.5) is 5.95 Å². The number of hydrogen-bond acceptors (Lipinski definition) is 5. The molecule has 7 heteroatoms. The van der Waals surface area contributed by atoms with Crippen molar-refractivity contribution >= 4 is 17.5 Å². The molecule has 2 aromatic heterocycles. The first kappa shape index (κ1) is 18.2. The number of nitrogens with zero attached hydrogens (tertiary/aromatic N) is 6. The van der Waals surface area contributed by atoms with Crippen molar-refractivity contribution in [2.45, 2.75) is 32.6 Å². The number of rotatable bonds is 5. The number of carbonyl (C=O) groups is 1. The number of pyridine rings is 1. The van der Waals surface area contributed by atoms with Crippen LogP contribution in [0.2, 0.25) is 0 Å². The standard InChI is InChI=1S/C20H30N6O/c1-2-3-9-23-12-14-24(15-13-23)19(27)17-7-6-10-25(16-17)20-22-21-18-8-4-5-11-26(18)20/h4-5,8,11,17H,2-3,6-7,9-10,12-16H2,1H3/t17-/m0/s1. The Bertz CT molecular complexity index is 767. The van der Waals surface area contributed by atoms with Gasteiger partial charge in [-0.1, -0.05) is 19.4 Å². The van der Waals surface area contributed by atoms with E-state index in [1.54, 1.807) is 0 Å². The zero-order chi connectivity index (χ0) is 18.6. The molecule has 2 aliphatic rings. The van der Waals surface area contributed by atoms with Gasteiger partial charge in [-0.15, -0.1) is 10.2 Å². The van der Waals surface area contributed by atoms with E-state index in [0.29, 0.717) is 5.91 Å². The first-order valence-corrected chi connectivity index (χ1v) is 10.3. The first-order valence-electron chi connectivity index (χ1n) is 10.3. The molecule has 0 radical (unpaired) electrons. The average molecular weight is 371 g/mol. The summed E-state index contributed by atoms with van der Waals surface area (Å²) in [6, 6.07) is 5.92. The summed E-state index contributed by atoms with van der Waals surface area (Å²) in [5, 5.41) is 8.63. The molecule has 2 fully saturated rings. The van der Waals surface area contributed by atoms with Gasteiger partial charge >= 0.3 is 0 Å². The Morgan fingerprint density at radius 3 is 2.81 bits per heavy atom. The number of carbonyl (C=O) groups excluding carboxylic acids is 1. The van der Waals surface area contributed by atoms with Crippen LogP contribution in [-0.2, 0) is 4.79 Å². The highest BCUT2D eigenvalue weighted by atomic mass is 16.2. The molecule has 0 spiro atoms. The molecule has 0 aliphatic carbocycles. The number of anilines is 1. The van der Waals surface area contributed by atoms with Gasteiger partial charge in [-0.2, -0.15) is 0 Å². The van der Waals surface area contributed by atoms with Crippen LogP contribution in [-0.4, -0.2) is 76.1 Å².